The second kappa shape index (κ2) is 8.70. The molecular formula is C18H16F2N4O3S. The second-order valence-electron chi connectivity index (χ2n) is 5.37. The van der Waals surface area contributed by atoms with Crippen molar-refractivity contribution in [2.75, 3.05) is 14.2 Å². The second-order valence-corrected chi connectivity index (χ2v) is 6.32. The molecule has 0 saturated heterocycles. The predicted octanol–water partition coefficient (Wildman–Crippen LogP) is 3.86. The quantitative estimate of drug-likeness (QED) is 0.474. The molecule has 0 amide bonds. The molecule has 1 heterocycles. The Bertz CT molecular complexity index is 977. The molecule has 3 aromatic rings. The zero-order valence-corrected chi connectivity index (χ0v) is 15.7. The fraction of sp³-hybridized carbons (Fsp3) is 0.167. The van der Waals surface area contributed by atoms with Gasteiger partial charge in [-0.15, -0.1) is 10.2 Å². The number of hydrogen-bond acceptors (Lipinski definition) is 7. The third-order valence-corrected chi connectivity index (χ3v) is 4.36. The van der Waals surface area contributed by atoms with E-state index in [9.17, 15) is 13.9 Å². The number of ether oxygens (including phenoxy) is 2. The number of aromatic nitrogens is 3. The SMILES string of the molecule is COc1ccc(-c2nnc(SC(F)F)n2/N=C/c2cccc(OC)c2O)cc1. The van der Waals surface area contributed by atoms with Crippen LogP contribution in [0.25, 0.3) is 11.4 Å². The number of nitrogens with zero attached hydrogens (tertiary/aromatic N) is 4. The number of benzene rings is 2. The molecule has 0 atom stereocenters. The maximum absolute atomic E-state index is 12.9. The van der Waals surface area contributed by atoms with E-state index < -0.39 is 5.76 Å². The average Bonchev–Trinajstić information content (AvgIpc) is 3.09. The number of phenolic OH excluding ortho intramolecular Hbond substituents is 1. The van der Waals surface area contributed by atoms with Crippen LogP contribution in [0.3, 0.4) is 0 Å². The Hall–Kier alpha value is -3.14. The van der Waals surface area contributed by atoms with Gasteiger partial charge in [0.2, 0.25) is 5.16 Å². The molecule has 2 aromatic carbocycles. The maximum Gasteiger partial charge on any atom is 0.291 e. The topological polar surface area (TPSA) is 81.8 Å². The molecule has 0 bridgehead atoms. The summed E-state index contributed by atoms with van der Waals surface area (Å²) in [6, 6.07) is 11.7. The fourth-order valence-corrected chi connectivity index (χ4v) is 2.85. The molecule has 1 aromatic heterocycles. The number of aromatic hydroxyl groups is 1. The van der Waals surface area contributed by atoms with E-state index in [0.717, 1.165) is 0 Å². The predicted molar refractivity (Wildman–Crippen MR) is 102 cm³/mol. The normalized spacial score (nSPS) is 11.3. The lowest BCUT2D eigenvalue weighted by Gasteiger charge is -2.07. The summed E-state index contributed by atoms with van der Waals surface area (Å²) in [5.41, 5.74) is 0.961. The molecule has 7 nitrogen and oxygen atoms in total. The van der Waals surface area contributed by atoms with Gasteiger partial charge in [0.1, 0.15) is 5.75 Å². The summed E-state index contributed by atoms with van der Waals surface area (Å²) in [5, 5.41) is 22.1. The minimum atomic E-state index is -2.69. The van der Waals surface area contributed by atoms with Gasteiger partial charge >= 0.3 is 0 Å². The fourth-order valence-electron chi connectivity index (χ4n) is 2.37. The Labute approximate surface area is 163 Å². The van der Waals surface area contributed by atoms with Crippen LogP contribution in [0, 0.1) is 0 Å². The van der Waals surface area contributed by atoms with Crippen molar-refractivity contribution in [3.05, 3.63) is 48.0 Å². The van der Waals surface area contributed by atoms with Gasteiger partial charge < -0.3 is 14.6 Å². The third-order valence-electron chi connectivity index (χ3n) is 3.72. The number of halogens is 2. The summed E-state index contributed by atoms with van der Waals surface area (Å²) in [6.45, 7) is 0. The molecule has 1 N–H and O–H groups in total. The van der Waals surface area contributed by atoms with Crippen molar-refractivity contribution in [2.45, 2.75) is 10.9 Å². The first-order chi connectivity index (χ1) is 13.5. The molecule has 3 rings (SSSR count). The molecule has 0 fully saturated rings. The highest BCUT2D eigenvalue weighted by Gasteiger charge is 2.18. The van der Waals surface area contributed by atoms with Gasteiger partial charge in [-0.25, -0.2) is 0 Å². The number of thioether (sulfide) groups is 1. The van der Waals surface area contributed by atoms with Crippen LogP contribution in [0.15, 0.2) is 52.7 Å². The van der Waals surface area contributed by atoms with E-state index in [0.29, 0.717) is 16.9 Å². The molecule has 0 spiro atoms. The van der Waals surface area contributed by atoms with Crippen LogP contribution in [-0.2, 0) is 0 Å². The van der Waals surface area contributed by atoms with Crippen LogP contribution in [0.5, 0.6) is 17.2 Å². The number of phenols is 1. The van der Waals surface area contributed by atoms with Gasteiger partial charge in [-0.3, -0.25) is 0 Å². The Morgan fingerprint density at radius 2 is 1.86 bits per heavy atom. The number of methoxy groups -OCH3 is 2. The summed E-state index contributed by atoms with van der Waals surface area (Å²) >= 11 is 0.226. The molecule has 146 valence electrons. The molecule has 0 unspecified atom stereocenters. The monoisotopic (exact) mass is 406 g/mol. The number of para-hydroxylation sites is 1. The standard InChI is InChI=1S/C18H16F2N4O3S/c1-26-13-8-6-11(7-9-13)16-22-23-18(28-17(19)20)24(16)21-10-12-4-3-5-14(27-2)15(12)25/h3-10,17,25H,1-2H3/b21-10+. The first kappa shape index (κ1) is 19.6. The lowest BCUT2D eigenvalue weighted by molar-refractivity contribution is 0.251. The molecule has 0 saturated carbocycles. The Balaban J connectivity index is 2.03. The van der Waals surface area contributed by atoms with Gasteiger partial charge in [0.05, 0.1) is 20.4 Å². The zero-order valence-electron chi connectivity index (χ0n) is 14.9. The summed E-state index contributed by atoms with van der Waals surface area (Å²) in [6.07, 6.45) is 1.32. The molecule has 0 aliphatic rings. The van der Waals surface area contributed by atoms with Crippen molar-refractivity contribution in [2.24, 2.45) is 5.10 Å². The van der Waals surface area contributed by atoms with Crippen molar-refractivity contribution in [3.63, 3.8) is 0 Å². The Morgan fingerprint density at radius 3 is 2.50 bits per heavy atom. The van der Waals surface area contributed by atoms with Gasteiger partial charge in [0, 0.05) is 11.1 Å². The molecule has 0 radical (unpaired) electrons. The lowest BCUT2D eigenvalue weighted by atomic mass is 10.2. The Morgan fingerprint density at radius 1 is 1.11 bits per heavy atom. The molecular weight excluding hydrogens is 390 g/mol. The van der Waals surface area contributed by atoms with Crippen LogP contribution < -0.4 is 9.47 Å². The summed E-state index contributed by atoms with van der Waals surface area (Å²) < 4.78 is 37.2. The maximum atomic E-state index is 12.9. The van der Waals surface area contributed by atoms with Gasteiger partial charge in [0.25, 0.3) is 5.76 Å². The highest BCUT2D eigenvalue weighted by molar-refractivity contribution is 7.99. The lowest BCUT2D eigenvalue weighted by Crippen LogP contribution is -1.99. The minimum Gasteiger partial charge on any atom is -0.504 e. The molecule has 10 heteroatoms. The van der Waals surface area contributed by atoms with Gasteiger partial charge in [-0.05, 0) is 48.2 Å². The van der Waals surface area contributed by atoms with Crippen LogP contribution in [0.1, 0.15) is 5.56 Å². The Kier molecular flexibility index (Phi) is 6.09. The van der Waals surface area contributed by atoms with E-state index >= 15 is 0 Å². The van der Waals surface area contributed by atoms with Gasteiger partial charge in [-0.2, -0.15) is 18.6 Å². The van der Waals surface area contributed by atoms with E-state index in [1.54, 1.807) is 49.6 Å². The van der Waals surface area contributed by atoms with Gasteiger partial charge in [-0.1, -0.05) is 6.07 Å². The first-order valence-corrected chi connectivity index (χ1v) is 8.86. The zero-order chi connectivity index (χ0) is 20.1. The van der Waals surface area contributed by atoms with E-state index in [-0.39, 0.29) is 34.2 Å². The highest BCUT2D eigenvalue weighted by atomic mass is 32.2. The van der Waals surface area contributed by atoms with E-state index in [1.165, 1.54) is 18.0 Å². The molecule has 0 aliphatic carbocycles. The number of alkyl halides is 2. The molecule has 28 heavy (non-hydrogen) atoms. The van der Waals surface area contributed by atoms with Crippen LogP contribution in [0.2, 0.25) is 0 Å². The van der Waals surface area contributed by atoms with E-state index in [4.69, 9.17) is 9.47 Å². The first-order valence-electron chi connectivity index (χ1n) is 7.98. The minimum absolute atomic E-state index is 0.0838. The summed E-state index contributed by atoms with van der Waals surface area (Å²) in [4.78, 5) is 0. The van der Waals surface area contributed by atoms with Crippen molar-refractivity contribution < 1.29 is 23.4 Å². The van der Waals surface area contributed by atoms with Crippen molar-refractivity contribution in [1.29, 1.82) is 0 Å². The van der Waals surface area contributed by atoms with Gasteiger partial charge in [0.15, 0.2) is 17.3 Å². The van der Waals surface area contributed by atoms with Crippen LogP contribution >= 0.6 is 11.8 Å². The average molecular weight is 406 g/mol. The smallest absolute Gasteiger partial charge is 0.291 e. The summed E-state index contributed by atoms with van der Waals surface area (Å²) in [7, 11) is 2.97. The van der Waals surface area contributed by atoms with E-state index in [1.807, 2.05) is 0 Å². The van der Waals surface area contributed by atoms with Crippen molar-refractivity contribution in [3.8, 4) is 28.6 Å². The largest absolute Gasteiger partial charge is 0.504 e. The third kappa shape index (κ3) is 4.22. The van der Waals surface area contributed by atoms with E-state index in [2.05, 4.69) is 15.3 Å². The van der Waals surface area contributed by atoms with Crippen molar-refractivity contribution in [1.82, 2.24) is 14.9 Å². The van der Waals surface area contributed by atoms with Crippen LogP contribution in [0.4, 0.5) is 8.78 Å². The number of rotatable bonds is 7. The van der Waals surface area contributed by atoms with Crippen LogP contribution in [-0.4, -0.2) is 46.2 Å². The summed E-state index contributed by atoms with van der Waals surface area (Å²) in [5.74, 6) is -1.63. The highest BCUT2D eigenvalue weighted by Crippen LogP contribution is 2.30. The molecule has 0 aliphatic heterocycles. The number of hydrogen-bond donors (Lipinski definition) is 1. The van der Waals surface area contributed by atoms with Crippen molar-refractivity contribution >= 4 is 18.0 Å².